The highest BCUT2D eigenvalue weighted by atomic mass is 32.2. The van der Waals surface area contributed by atoms with Crippen molar-refractivity contribution < 1.29 is 26.3 Å². The first kappa shape index (κ1) is 26.6. The van der Waals surface area contributed by atoms with Gasteiger partial charge in [0, 0.05) is 30.1 Å². The Labute approximate surface area is 233 Å². The van der Waals surface area contributed by atoms with Crippen LogP contribution in [0, 0.1) is 24.4 Å². The van der Waals surface area contributed by atoms with Crippen LogP contribution in [0.5, 0.6) is 5.75 Å². The molecule has 0 atom stereocenters. The van der Waals surface area contributed by atoms with Crippen molar-refractivity contribution in [3.8, 4) is 28.4 Å². The zero-order chi connectivity index (χ0) is 28.9. The van der Waals surface area contributed by atoms with E-state index in [0.717, 1.165) is 31.0 Å². The molecule has 41 heavy (non-hydrogen) atoms. The van der Waals surface area contributed by atoms with Crippen LogP contribution in [-0.2, 0) is 10.0 Å². The Hall–Kier alpha value is -4.65. The Balaban J connectivity index is 1.49. The quantitative estimate of drug-likeness (QED) is 0.247. The molecule has 0 spiro atoms. The number of aryl methyl sites for hydroxylation is 1. The summed E-state index contributed by atoms with van der Waals surface area (Å²) >= 11 is 0. The van der Waals surface area contributed by atoms with Gasteiger partial charge in [-0.3, -0.25) is 9.12 Å². The van der Waals surface area contributed by atoms with Crippen molar-refractivity contribution in [1.29, 1.82) is 0 Å². The van der Waals surface area contributed by atoms with E-state index in [0.29, 0.717) is 34.8 Å². The predicted octanol–water partition coefficient (Wildman–Crippen LogP) is 5.57. The Bertz CT molecular complexity index is 1930. The molecule has 9 nitrogen and oxygen atoms in total. The second-order valence-corrected chi connectivity index (χ2v) is 11.2. The van der Waals surface area contributed by atoms with Crippen molar-refractivity contribution in [2.75, 3.05) is 17.1 Å². The molecule has 1 aliphatic carbocycles. The molecule has 6 rings (SSSR count). The maximum absolute atomic E-state index is 16.1. The number of hydrogen-bond acceptors (Lipinski definition) is 7. The van der Waals surface area contributed by atoms with Crippen molar-refractivity contribution in [2.45, 2.75) is 30.7 Å². The van der Waals surface area contributed by atoms with E-state index in [1.54, 1.807) is 35.0 Å². The van der Waals surface area contributed by atoms with E-state index in [1.165, 1.54) is 26.2 Å². The molecule has 2 aromatic carbocycles. The molecule has 1 fully saturated rings. The number of fused-ring (bicyclic) bond motifs is 1. The van der Waals surface area contributed by atoms with Crippen LogP contribution in [0.2, 0.25) is 0 Å². The molecule has 1 aliphatic rings. The molecular weight excluding hydrogens is 557 g/mol. The van der Waals surface area contributed by atoms with Crippen molar-refractivity contribution in [2.24, 2.45) is 0 Å². The molecule has 0 aliphatic heterocycles. The van der Waals surface area contributed by atoms with Gasteiger partial charge < -0.3 is 10.1 Å². The van der Waals surface area contributed by atoms with E-state index in [4.69, 9.17) is 4.74 Å². The molecule has 1 saturated carbocycles. The third-order valence-electron chi connectivity index (χ3n) is 6.65. The lowest BCUT2D eigenvalue weighted by molar-refractivity contribution is 0.414. The molecule has 0 radical (unpaired) electrons. The summed E-state index contributed by atoms with van der Waals surface area (Å²) in [5.41, 5.74) is 0.764. The third-order valence-corrected chi connectivity index (χ3v) is 8.05. The van der Waals surface area contributed by atoms with Gasteiger partial charge in [-0.25, -0.2) is 36.5 Å². The Kier molecular flexibility index (Phi) is 6.53. The number of halogens is 3. The monoisotopic (exact) mass is 580 g/mol. The number of aromatic nitrogens is 4. The minimum atomic E-state index is -4.84. The van der Waals surface area contributed by atoms with Crippen LogP contribution < -0.4 is 14.8 Å². The summed E-state index contributed by atoms with van der Waals surface area (Å²) in [4.78, 5) is 12.3. The van der Waals surface area contributed by atoms with Gasteiger partial charge in [-0.15, -0.1) is 0 Å². The van der Waals surface area contributed by atoms with Crippen LogP contribution in [0.25, 0.3) is 28.3 Å². The van der Waals surface area contributed by atoms with Crippen LogP contribution in [0.15, 0.2) is 65.8 Å². The second-order valence-electron chi connectivity index (χ2n) is 9.57. The molecule has 5 aromatic rings. The summed E-state index contributed by atoms with van der Waals surface area (Å²) in [6, 6.07) is 11.3. The normalized spacial score (nSPS) is 13.4. The van der Waals surface area contributed by atoms with Gasteiger partial charge in [0.1, 0.15) is 28.7 Å². The highest BCUT2D eigenvalue weighted by Gasteiger charge is 2.28. The Morgan fingerprint density at radius 2 is 1.83 bits per heavy atom. The van der Waals surface area contributed by atoms with Gasteiger partial charge in [-0.1, -0.05) is 12.1 Å². The van der Waals surface area contributed by atoms with Crippen LogP contribution in [0.3, 0.4) is 0 Å². The number of hydrogen-bond donors (Lipinski definition) is 2. The number of methoxy groups -OCH3 is 1. The number of nitrogens with one attached hydrogen (secondary N) is 2. The standard InChI is InChI=1S/C28H23F3N6O3S/c1-15-6-9-19(29)27(23(15)30)41(38,39)36-20-5-3-4-18(24(20)31)25-26(37-13-11-17(40-2)14-22(37)35-25)21-10-12-32-28(34-21)33-16-7-8-16/h3-6,9-14,16,36H,7-8H2,1-2H3,(H,32,33,34). The first-order valence-electron chi connectivity index (χ1n) is 12.6. The number of nitrogens with zero attached hydrogens (tertiary/aromatic N) is 4. The zero-order valence-corrected chi connectivity index (χ0v) is 22.6. The van der Waals surface area contributed by atoms with Crippen LogP contribution in [-0.4, -0.2) is 40.9 Å². The first-order chi connectivity index (χ1) is 19.7. The molecule has 0 amide bonds. The minimum absolute atomic E-state index is 0.0663. The number of ether oxygens (including phenoxy) is 1. The number of rotatable bonds is 8. The van der Waals surface area contributed by atoms with Gasteiger partial charge in [0.05, 0.1) is 24.2 Å². The van der Waals surface area contributed by atoms with Crippen molar-refractivity contribution in [3.63, 3.8) is 0 Å². The van der Waals surface area contributed by atoms with E-state index < -0.39 is 38.1 Å². The lowest BCUT2D eigenvalue weighted by Crippen LogP contribution is -2.18. The van der Waals surface area contributed by atoms with E-state index in [2.05, 4.69) is 20.3 Å². The van der Waals surface area contributed by atoms with Crippen LogP contribution >= 0.6 is 0 Å². The average Bonchev–Trinajstić information content (AvgIpc) is 3.68. The molecule has 3 aromatic heterocycles. The summed E-state index contributed by atoms with van der Waals surface area (Å²) < 4.78 is 80.2. The molecule has 0 unspecified atom stereocenters. The second kappa shape index (κ2) is 10.1. The van der Waals surface area contributed by atoms with Gasteiger partial charge in [-0.05, 0) is 55.7 Å². The highest BCUT2D eigenvalue weighted by molar-refractivity contribution is 7.92. The van der Waals surface area contributed by atoms with E-state index in [9.17, 15) is 17.2 Å². The lowest BCUT2D eigenvalue weighted by Gasteiger charge is -2.13. The van der Waals surface area contributed by atoms with Crippen molar-refractivity contribution >= 4 is 27.3 Å². The molecular formula is C28H23F3N6O3S. The Morgan fingerprint density at radius 3 is 2.59 bits per heavy atom. The van der Waals surface area contributed by atoms with Gasteiger partial charge in [0.15, 0.2) is 10.7 Å². The molecule has 0 saturated heterocycles. The van der Waals surface area contributed by atoms with E-state index >= 15 is 4.39 Å². The average molecular weight is 581 g/mol. The van der Waals surface area contributed by atoms with Gasteiger partial charge in [0.2, 0.25) is 5.95 Å². The summed E-state index contributed by atoms with van der Waals surface area (Å²) in [5, 5.41) is 3.23. The molecule has 2 N–H and O–H groups in total. The minimum Gasteiger partial charge on any atom is -0.497 e. The number of pyridine rings is 1. The maximum Gasteiger partial charge on any atom is 0.267 e. The van der Waals surface area contributed by atoms with Crippen LogP contribution in [0.1, 0.15) is 18.4 Å². The van der Waals surface area contributed by atoms with Crippen molar-refractivity contribution in [3.05, 3.63) is 83.9 Å². The summed E-state index contributed by atoms with van der Waals surface area (Å²) in [6.07, 6.45) is 5.30. The molecule has 13 heteroatoms. The first-order valence-corrected chi connectivity index (χ1v) is 14.1. The fourth-order valence-corrected chi connectivity index (χ4v) is 5.69. The summed E-state index contributed by atoms with van der Waals surface area (Å²) in [5.74, 6) is -2.63. The van der Waals surface area contributed by atoms with Crippen molar-refractivity contribution in [1.82, 2.24) is 19.4 Å². The molecule has 3 heterocycles. The van der Waals surface area contributed by atoms with E-state index in [-0.39, 0.29) is 16.8 Å². The van der Waals surface area contributed by atoms with E-state index in [1.807, 2.05) is 4.72 Å². The number of imidazole rings is 1. The topological polar surface area (TPSA) is 111 Å². The molecule has 210 valence electrons. The van der Waals surface area contributed by atoms with Gasteiger partial charge in [-0.2, -0.15) is 0 Å². The van der Waals surface area contributed by atoms with Crippen LogP contribution in [0.4, 0.5) is 24.8 Å². The number of anilines is 2. The summed E-state index contributed by atoms with van der Waals surface area (Å²) in [6.45, 7) is 1.30. The SMILES string of the molecule is COc1ccn2c(-c3ccnc(NC4CC4)n3)c(-c3cccc(NS(=O)(=O)c4c(F)ccc(C)c4F)c3F)nc2c1. The zero-order valence-electron chi connectivity index (χ0n) is 21.8. The molecule has 0 bridgehead atoms. The Morgan fingerprint density at radius 1 is 1.02 bits per heavy atom. The fraction of sp³-hybridized carbons (Fsp3) is 0.179. The summed E-state index contributed by atoms with van der Waals surface area (Å²) in [7, 11) is -3.33. The largest absolute Gasteiger partial charge is 0.497 e. The predicted molar refractivity (Wildman–Crippen MR) is 147 cm³/mol. The lowest BCUT2D eigenvalue weighted by atomic mass is 10.1. The van der Waals surface area contributed by atoms with Gasteiger partial charge in [0.25, 0.3) is 10.0 Å². The fourth-order valence-electron chi connectivity index (χ4n) is 4.42. The number of sulfonamides is 1. The van der Waals surface area contributed by atoms with Gasteiger partial charge >= 0.3 is 0 Å². The maximum atomic E-state index is 16.1. The smallest absolute Gasteiger partial charge is 0.267 e. The number of benzene rings is 2. The third kappa shape index (κ3) is 4.92. The highest BCUT2D eigenvalue weighted by Crippen LogP contribution is 2.37.